The quantitative estimate of drug-likeness (QED) is 0.441. The highest BCUT2D eigenvalue weighted by atomic mass is 32.2. The van der Waals surface area contributed by atoms with Gasteiger partial charge in [-0.2, -0.15) is 0 Å². The van der Waals surface area contributed by atoms with Crippen LogP contribution in [0.25, 0.3) is 0 Å². The third kappa shape index (κ3) is 0.744. The van der Waals surface area contributed by atoms with Gasteiger partial charge < -0.3 is 0 Å². The lowest BCUT2D eigenvalue weighted by Gasteiger charge is -1.85. The number of hydrogen-bond acceptors (Lipinski definition) is 2. The molecule has 31 valence electrons. The van der Waals surface area contributed by atoms with Crippen LogP contribution < -0.4 is 0 Å². The highest BCUT2D eigenvalue weighted by molar-refractivity contribution is 8.14. The van der Waals surface area contributed by atoms with Crippen molar-refractivity contribution >= 4 is 17.3 Å². The Morgan fingerprint density at radius 2 is 2.67 bits per heavy atom. The van der Waals surface area contributed by atoms with Gasteiger partial charge in [0.25, 0.3) is 0 Å². The molecule has 0 amide bonds. The number of hydrogen-bond donors (Lipinski definition) is 0. The molecule has 1 nitrogen and oxygen atoms in total. The Morgan fingerprint density at radius 3 is 2.83 bits per heavy atom. The monoisotopic (exact) mass is 98.0 g/mol. The molecule has 1 rings (SSSR count). The van der Waals surface area contributed by atoms with Gasteiger partial charge in [-0.1, -0.05) is 11.8 Å². The van der Waals surface area contributed by atoms with E-state index in [1.807, 2.05) is 6.92 Å². The lowest BCUT2D eigenvalue weighted by Crippen LogP contribution is -1.85. The van der Waals surface area contributed by atoms with E-state index >= 15 is 0 Å². The van der Waals surface area contributed by atoms with Gasteiger partial charge in [0.15, 0.2) is 0 Å². The second kappa shape index (κ2) is 1.65. The molecule has 6 heavy (non-hydrogen) atoms. The maximum Gasteiger partial charge on any atom is 0.123 e. The molecule has 0 fully saturated rings. The molecule has 1 unspecified atom stereocenters. The summed E-state index contributed by atoms with van der Waals surface area (Å²) in [5.41, 5.74) is 2.70. The first-order valence-electron chi connectivity index (χ1n) is 1.76. The average Bonchev–Trinajstić information content (AvgIpc) is 1.86. The summed E-state index contributed by atoms with van der Waals surface area (Å²) in [6, 6.07) is 0.273. The van der Waals surface area contributed by atoms with Gasteiger partial charge in [0, 0.05) is 0 Å². The zero-order valence-electron chi connectivity index (χ0n) is 3.43. The van der Waals surface area contributed by atoms with E-state index in [1.54, 1.807) is 0 Å². The first-order chi connectivity index (χ1) is 2.89. The second-order valence-corrected chi connectivity index (χ2v) is 1.74. The number of aliphatic imine (C=N–C) groups is 1. The van der Waals surface area contributed by atoms with Crippen LogP contribution in [0.1, 0.15) is 6.92 Å². The summed E-state index contributed by atoms with van der Waals surface area (Å²) < 4.78 is 0. The van der Waals surface area contributed by atoms with E-state index in [1.165, 1.54) is 11.8 Å². The van der Waals surface area contributed by atoms with Gasteiger partial charge in [-0.15, -0.1) is 0 Å². The van der Waals surface area contributed by atoms with E-state index in [2.05, 4.69) is 16.3 Å². The van der Waals surface area contributed by atoms with Crippen molar-refractivity contribution in [1.29, 1.82) is 0 Å². The molecule has 0 saturated carbocycles. The number of thioether (sulfide) groups is 1. The van der Waals surface area contributed by atoms with Crippen molar-refractivity contribution in [2.75, 3.05) is 0 Å². The van der Waals surface area contributed by atoms with E-state index in [0.29, 0.717) is 0 Å². The van der Waals surface area contributed by atoms with Crippen LogP contribution in [-0.2, 0) is 0 Å². The molecule has 0 saturated heterocycles. The number of rotatable bonds is 0. The third-order valence-corrected chi connectivity index (χ3v) is 1.18. The van der Waals surface area contributed by atoms with Crippen LogP contribution in [0.15, 0.2) is 4.99 Å². The van der Waals surface area contributed by atoms with Crippen LogP contribution in [0.5, 0.6) is 0 Å². The molecular weight excluding hydrogens is 94.1 g/mol. The standard InChI is InChI=1S/C4H4NS/c1-4-2-6-3-5-4/h4H,1H3. The van der Waals surface area contributed by atoms with E-state index in [-0.39, 0.29) is 6.04 Å². The van der Waals surface area contributed by atoms with Crippen LogP contribution in [0.2, 0.25) is 0 Å². The second-order valence-electron chi connectivity index (χ2n) is 1.12. The van der Waals surface area contributed by atoms with Gasteiger partial charge in [-0.25, -0.2) is 0 Å². The lowest BCUT2D eigenvalue weighted by atomic mass is 10.4. The molecular formula is C4H4NS. The first-order valence-corrected chi connectivity index (χ1v) is 2.57. The molecule has 0 aromatic carbocycles. The summed E-state index contributed by atoms with van der Waals surface area (Å²) in [7, 11) is 0. The minimum absolute atomic E-state index is 0.273. The average molecular weight is 98.2 g/mol. The lowest BCUT2D eigenvalue weighted by molar-refractivity contribution is 0.926. The van der Waals surface area contributed by atoms with Gasteiger partial charge in [0.1, 0.15) is 5.55 Å². The summed E-state index contributed by atoms with van der Waals surface area (Å²) in [5, 5.41) is 0. The van der Waals surface area contributed by atoms with Gasteiger partial charge in [0.05, 0.1) is 11.8 Å². The van der Waals surface area contributed by atoms with Crippen molar-refractivity contribution in [3.8, 4) is 0 Å². The van der Waals surface area contributed by atoms with Crippen molar-refractivity contribution in [2.24, 2.45) is 4.99 Å². The van der Waals surface area contributed by atoms with Gasteiger partial charge in [0.2, 0.25) is 0 Å². The maximum atomic E-state index is 3.84. The normalized spacial score (nSPS) is 31.8. The Labute approximate surface area is 41.8 Å². The van der Waals surface area contributed by atoms with Crippen molar-refractivity contribution in [2.45, 2.75) is 13.0 Å². The molecule has 0 N–H and O–H groups in total. The molecule has 1 atom stereocenters. The Bertz CT molecular complexity index is 69.9. The van der Waals surface area contributed by atoms with Crippen LogP contribution in [0.3, 0.4) is 0 Å². The fourth-order valence-electron chi connectivity index (χ4n) is 0.243. The maximum absolute atomic E-state index is 3.84. The Kier molecular flexibility index (Phi) is 1.15. The fraction of sp³-hybridized carbons (Fsp3) is 0.500. The summed E-state index contributed by atoms with van der Waals surface area (Å²) in [6.07, 6.45) is 0. The molecule has 3 radical (unpaired) electrons. The zero-order chi connectivity index (χ0) is 4.41. The Hall–Kier alpha value is 0.0200. The molecule has 0 aromatic heterocycles. The van der Waals surface area contributed by atoms with E-state index in [0.717, 1.165) is 0 Å². The molecule has 1 aliphatic rings. The molecule has 0 aromatic rings. The molecule has 1 aliphatic heterocycles. The topological polar surface area (TPSA) is 12.4 Å². The predicted octanol–water partition coefficient (Wildman–Crippen LogP) is 1.07. The van der Waals surface area contributed by atoms with Crippen molar-refractivity contribution < 1.29 is 0 Å². The summed E-state index contributed by atoms with van der Waals surface area (Å²) in [5.74, 6) is 2.96. The summed E-state index contributed by atoms with van der Waals surface area (Å²) in [6.45, 7) is 1.98. The van der Waals surface area contributed by atoms with Crippen molar-refractivity contribution in [3.63, 3.8) is 0 Å². The molecule has 0 bridgehead atoms. The fourth-order valence-corrected chi connectivity index (χ4v) is 0.730. The van der Waals surface area contributed by atoms with Gasteiger partial charge in [-0.05, 0) is 6.92 Å². The Morgan fingerprint density at radius 1 is 1.83 bits per heavy atom. The molecule has 0 spiro atoms. The van der Waals surface area contributed by atoms with Crippen LogP contribution in [0.4, 0.5) is 0 Å². The van der Waals surface area contributed by atoms with Crippen LogP contribution in [-0.4, -0.2) is 11.6 Å². The summed E-state index contributed by atoms with van der Waals surface area (Å²) in [4.78, 5) is 3.84. The SMILES string of the molecule is CC1[C]S[C]=N1. The van der Waals surface area contributed by atoms with Crippen molar-refractivity contribution in [1.82, 2.24) is 0 Å². The number of nitrogens with zero attached hydrogens (tertiary/aromatic N) is 1. The third-order valence-electron chi connectivity index (χ3n) is 0.521. The van der Waals surface area contributed by atoms with Crippen molar-refractivity contribution in [3.05, 3.63) is 5.75 Å². The minimum atomic E-state index is 0.273. The van der Waals surface area contributed by atoms with E-state index < -0.39 is 0 Å². The predicted molar refractivity (Wildman–Crippen MR) is 27.7 cm³/mol. The zero-order valence-corrected chi connectivity index (χ0v) is 4.25. The van der Waals surface area contributed by atoms with Gasteiger partial charge >= 0.3 is 0 Å². The van der Waals surface area contributed by atoms with E-state index in [9.17, 15) is 0 Å². The van der Waals surface area contributed by atoms with Crippen LogP contribution >= 0.6 is 11.8 Å². The highest BCUT2D eigenvalue weighted by Crippen LogP contribution is 2.14. The first kappa shape index (κ1) is 4.19. The Balaban J connectivity index is 2.38. The minimum Gasteiger partial charge on any atom is -0.271 e. The van der Waals surface area contributed by atoms with Gasteiger partial charge in [-0.3, -0.25) is 4.99 Å². The molecule has 2 heteroatoms. The molecule has 1 heterocycles. The summed E-state index contributed by atoms with van der Waals surface area (Å²) >= 11 is 1.42. The largest absolute Gasteiger partial charge is 0.271 e. The molecule has 0 aliphatic carbocycles. The van der Waals surface area contributed by atoms with Crippen LogP contribution in [0, 0.1) is 5.75 Å². The smallest absolute Gasteiger partial charge is 0.123 e. The highest BCUT2D eigenvalue weighted by Gasteiger charge is 2.03. The van der Waals surface area contributed by atoms with E-state index in [4.69, 9.17) is 0 Å².